The molecular formula is C23H36N12. The van der Waals surface area contributed by atoms with Crippen molar-refractivity contribution in [3.63, 3.8) is 0 Å². The van der Waals surface area contributed by atoms with Gasteiger partial charge in [0.1, 0.15) is 12.3 Å². The van der Waals surface area contributed by atoms with Gasteiger partial charge in [-0.1, -0.05) is 0 Å². The van der Waals surface area contributed by atoms with E-state index in [0.717, 1.165) is 25.9 Å². The van der Waals surface area contributed by atoms with E-state index in [0.29, 0.717) is 36.8 Å². The van der Waals surface area contributed by atoms with Crippen LogP contribution in [0.25, 0.3) is 0 Å². The van der Waals surface area contributed by atoms with E-state index in [9.17, 15) is 0 Å². The molecule has 2 aromatic rings. The van der Waals surface area contributed by atoms with Crippen molar-refractivity contribution in [2.75, 3.05) is 19.6 Å². The zero-order valence-corrected chi connectivity index (χ0v) is 20.6. The maximum absolute atomic E-state index is 6.06. The molecule has 2 aliphatic heterocycles. The summed E-state index contributed by atoms with van der Waals surface area (Å²) in [5, 5.41) is 9.48. The van der Waals surface area contributed by atoms with Gasteiger partial charge in [0, 0.05) is 49.8 Å². The molecule has 4 heterocycles. The Bertz CT molecular complexity index is 1120. The highest BCUT2D eigenvalue weighted by Crippen LogP contribution is 2.12. The van der Waals surface area contributed by atoms with Crippen LogP contribution in [0.4, 0.5) is 0 Å². The summed E-state index contributed by atoms with van der Waals surface area (Å²) < 4.78 is 0. The molecule has 0 aromatic carbocycles. The first kappa shape index (κ1) is 24.2. The molecule has 9 N–H and O–H groups in total. The number of hydrogen-bond donors (Lipinski definition) is 7. The Morgan fingerprint density at radius 1 is 0.886 bits per heavy atom. The molecule has 0 amide bonds. The zero-order valence-electron chi connectivity index (χ0n) is 20.6. The minimum Gasteiger partial charge on any atom is -0.370 e. The van der Waals surface area contributed by atoms with Crippen molar-refractivity contribution >= 4 is 23.8 Å². The van der Waals surface area contributed by atoms with Gasteiger partial charge in [-0.25, -0.2) is 20.0 Å². The molecule has 35 heavy (non-hydrogen) atoms. The standard InChI is InChI=1S/C23H36N12/c1-14-17(4-9-26-14)6-11-28-22-32-19(31-21(25)33-22)8-13-35(12-7-18-5-10-27-15(18)2)23-30-16(3)29-20(24)34-23/h4-5,9-10,16,19,26-27H,6-8,11-13H2,1-3H3,(H3,24,29,30,34)(H4,25,28,31,32,33). The summed E-state index contributed by atoms with van der Waals surface area (Å²) in [6, 6.07) is 4.20. The third kappa shape index (κ3) is 6.55. The molecule has 0 saturated heterocycles. The van der Waals surface area contributed by atoms with E-state index in [2.05, 4.69) is 71.8 Å². The number of nitrogens with zero attached hydrogens (tertiary/aromatic N) is 5. The summed E-state index contributed by atoms with van der Waals surface area (Å²) in [5.41, 5.74) is 16.9. The molecule has 12 nitrogen and oxygen atoms in total. The summed E-state index contributed by atoms with van der Waals surface area (Å²) in [6.45, 7) is 8.24. The highest BCUT2D eigenvalue weighted by molar-refractivity contribution is 6.00. The summed E-state index contributed by atoms with van der Waals surface area (Å²) in [6.07, 6.45) is 5.82. The van der Waals surface area contributed by atoms with Gasteiger partial charge in [0.15, 0.2) is 17.9 Å². The second kappa shape index (κ2) is 11.0. The molecule has 0 fully saturated rings. The largest absolute Gasteiger partial charge is 0.370 e. The Morgan fingerprint density at radius 2 is 1.57 bits per heavy atom. The van der Waals surface area contributed by atoms with E-state index in [-0.39, 0.29) is 12.3 Å². The van der Waals surface area contributed by atoms with Crippen LogP contribution < -0.4 is 27.4 Å². The van der Waals surface area contributed by atoms with E-state index in [1.165, 1.54) is 22.5 Å². The molecule has 12 heteroatoms. The fourth-order valence-corrected chi connectivity index (χ4v) is 4.17. The van der Waals surface area contributed by atoms with Crippen molar-refractivity contribution in [3.05, 3.63) is 47.0 Å². The van der Waals surface area contributed by atoms with Crippen LogP contribution in [0, 0.1) is 13.8 Å². The minimum atomic E-state index is -0.295. The first-order chi connectivity index (χ1) is 16.9. The second-order valence-electron chi connectivity index (χ2n) is 8.78. The number of nitrogens with two attached hydrogens (primary N) is 2. The number of rotatable bonds is 9. The zero-order chi connectivity index (χ0) is 24.8. The highest BCUT2D eigenvalue weighted by Gasteiger charge is 2.21. The Kier molecular flexibility index (Phi) is 7.58. The number of guanidine groups is 4. The number of aliphatic imine (C=N–C) groups is 4. The molecule has 2 aliphatic rings. The molecule has 188 valence electrons. The van der Waals surface area contributed by atoms with Crippen LogP contribution in [0.5, 0.6) is 0 Å². The number of hydrogen-bond acceptors (Lipinski definition) is 10. The number of aryl methyl sites for hydroxylation is 2. The van der Waals surface area contributed by atoms with Gasteiger partial charge >= 0.3 is 0 Å². The van der Waals surface area contributed by atoms with Crippen molar-refractivity contribution in [2.45, 2.75) is 52.4 Å². The van der Waals surface area contributed by atoms with Crippen LogP contribution in [0.1, 0.15) is 35.9 Å². The van der Waals surface area contributed by atoms with Gasteiger partial charge in [-0.15, -0.1) is 0 Å². The lowest BCUT2D eigenvalue weighted by Gasteiger charge is -2.30. The molecule has 2 unspecified atom stereocenters. The molecular weight excluding hydrogens is 444 g/mol. The number of nitrogens with one attached hydrogen (secondary N) is 5. The van der Waals surface area contributed by atoms with Crippen molar-refractivity contribution in [1.82, 2.24) is 30.8 Å². The van der Waals surface area contributed by atoms with Gasteiger partial charge in [0.25, 0.3) is 0 Å². The van der Waals surface area contributed by atoms with Gasteiger partial charge in [-0.3, -0.25) is 10.6 Å². The van der Waals surface area contributed by atoms with Crippen molar-refractivity contribution in [1.29, 1.82) is 0 Å². The van der Waals surface area contributed by atoms with E-state index in [1.807, 2.05) is 19.3 Å². The van der Waals surface area contributed by atoms with Gasteiger partial charge in [0.05, 0.1) is 0 Å². The van der Waals surface area contributed by atoms with Gasteiger partial charge in [-0.2, -0.15) is 0 Å². The maximum atomic E-state index is 6.06. The Balaban J connectivity index is 1.38. The predicted molar refractivity (Wildman–Crippen MR) is 140 cm³/mol. The molecule has 2 aromatic heterocycles. The Morgan fingerprint density at radius 3 is 2.23 bits per heavy atom. The first-order valence-electron chi connectivity index (χ1n) is 12.0. The maximum Gasteiger partial charge on any atom is 0.202 e. The number of H-pyrrole nitrogens is 2. The summed E-state index contributed by atoms with van der Waals surface area (Å²) in [4.78, 5) is 26.7. The summed E-state index contributed by atoms with van der Waals surface area (Å²) in [7, 11) is 0. The number of aromatic amines is 2. The van der Waals surface area contributed by atoms with Crippen LogP contribution in [0.15, 0.2) is 44.5 Å². The van der Waals surface area contributed by atoms with Crippen molar-refractivity contribution < 1.29 is 0 Å². The van der Waals surface area contributed by atoms with Crippen LogP contribution in [0.3, 0.4) is 0 Å². The van der Waals surface area contributed by atoms with Gasteiger partial charge in [-0.05, 0) is 56.9 Å². The molecule has 0 saturated carbocycles. The smallest absolute Gasteiger partial charge is 0.202 e. The predicted octanol–water partition coefficient (Wildman–Crippen LogP) is 0.246. The van der Waals surface area contributed by atoms with Crippen LogP contribution in [-0.2, 0) is 12.8 Å². The molecule has 4 rings (SSSR count). The molecule has 2 atom stereocenters. The van der Waals surface area contributed by atoms with E-state index >= 15 is 0 Å². The normalized spacial score (nSPS) is 19.6. The second-order valence-corrected chi connectivity index (χ2v) is 8.78. The van der Waals surface area contributed by atoms with Crippen LogP contribution in [-0.4, -0.2) is 70.7 Å². The minimum absolute atomic E-state index is 0.229. The lowest BCUT2D eigenvalue weighted by molar-refractivity contribution is 0.383. The van der Waals surface area contributed by atoms with Crippen LogP contribution in [0.2, 0.25) is 0 Å². The van der Waals surface area contributed by atoms with E-state index in [1.54, 1.807) is 0 Å². The molecule has 0 aliphatic carbocycles. The topological polar surface area (TPSA) is 172 Å². The average Bonchev–Trinajstić information content (AvgIpc) is 3.40. The Hall–Kier alpha value is -3.96. The molecule has 0 spiro atoms. The first-order valence-corrected chi connectivity index (χ1v) is 12.0. The number of aromatic nitrogens is 2. The quantitative estimate of drug-likeness (QED) is 0.271. The monoisotopic (exact) mass is 480 g/mol. The average molecular weight is 481 g/mol. The SMILES string of the molecule is Cc1[nH]ccc1CCNC1=NC(CCN(CCc2cc[nH]c2C)C2=NC(C)N=C(N)N2)N=C(N)N1. The summed E-state index contributed by atoms with van der Waals surface area (Å²) >= 11 is 0. The third-order valence-corrected chi connectivity index (χ3v) is 6.11. The van der Waals surface area contributed by atoms with E-state index in [4.69, 9.17) is 16.5 Å². The summed E-state index contributed by atoms with van der Waals surface area (Å²) in [5.74, 6) is 2.09. The fourth-order valence-electron chi connectivity index (χ4n) is 4.17. The third-order valence-electron chi connectivity index (χ3n) is 6.11. The Labute approximate surface area is 205 Å². The lowest BCUT2D eigenvalue weighted by Crippen LogP contribution is -2.51. The van der Waals surface area contributed by atoms with Gasteiger partial charge in [0.2, 0.25) is 5.96 Å². The van der Waals surface area contributed by atoms with E-state index < -0.39 is 0 Å². The fraction of sp³-hybridized carbons (Fsp3) is 0.478. The van der Waals surface area contributed by atoms with Crippen LogP contribution >= 0.6 is 0 Å². The van der Waals surface area contributed by atoms with Crippen molar-refractivity contribution in [3.8, 4) is 0 Å². The highest BCUT2D eigenvalue weighted by atomic mass is 15.4. The molecule has 0 bridgehead atoms. The van der Waals surface area contributed by atoms with Crippen molar-refractivity contribution in [2.24, 2.45) is 31.4 Å². The van der Waals surface area contributed by atoms with Gasteiger partial charge < -0.3 is 31.7 Å². The molecule has 0 radical (unpaired) electrons. The lowest BCUT2D eigenvalue weighted by atomic mass is 10.2.